The summed E-state index contributed by atoms with van der Waals surface area (Å²) in [4.78, 5) is 54.7. The zero-order chi connectivity index (χ0) is 42.7. The van der Waals surface area contributed by atoms with Crippen molar-refractivity contribution in [2.75, 3.05) is 0 Å². The number of hydrogen-bond donors (Lipinski definition) is 0. The Bertz CT molecular complexity index is 3320. The van der Waals surface area contributed by atoms with Gasteiger partial charge in [-0.1, -0.05) is 23.2 Å². The van der Waals surface area contributed by atoms with Crippen molar-refractivity contribution >= 4 is 101 Å². The minimum absolute atomic E-state index is 0.212. The Morgan fingerprint density at radius 1 is 0.323 bits per heavy atom. The zero-order valence-corrected chi connectivity index (χ0v) is 33.9. The third kappa shape index (κ3) is 8.60. The first-order valence-electron chi connectivity index (χ1n) is 19.2. The molecule has 0 aliphatic carbocycles. The number of halogens is 2. The average Bonchev–Trinajstić information content (AvgIpc) is 3.30. The van der Waals surface area contributed by atoms with E-state index in [2.05, 4.69) is 0 Å². The van der Waals surface area contributed by atoms with Gasteiger partial charge in [-0.3, -0.25) is 19.2 Å². The Balaban J connectivity index is 1.26. The molecule has 0 radical (unpaired) electrons. The molecule has 0 atom stereocenters. The summed E-state index contributed by atoms with van der Waals surface area (Å²) in [6, 6.07) is 49.3. The van der Waals surface area contributed by atoms with Crippen LogP contribution in [0, 0.1) is 0 Å². The van der Waals surface area contributed by atoms with E-state index in [1.165, 1.54) is 0 Å². The van der Waals surface area contributed by atoms with Crippen LogP contribution in [0.3, 0.4) is 0 Å². The smallest absolute Gasteiger partial charge is 0.196 e. The molecule has 0 saturated carbocycles. The molecular formula is C52H30Cl2O8. The molecule has 15 aromatic rings. The molecule has 62 heavy (non-hydrogen) atoms. The lowest BCUT2D eigenvalue weighted by Crippen LogP contribution is -2.01. The van der Waals surface area contributed by atoms with E-state index < -0.39 is 0 Å². The van der Waals surface area contributed by atoms with Crippen molar-refractivity contribution in [3.63, 3.8) is 0 Å². The molecule has 7 aromatic heterocycles. The Hall–Kier alpha value is -7.78. The molecule has 12 bridgehead atoms. The fourth-order valence-corrected chi connectivity index (χ4v) is 7.00. The highest BCUT2D eigenvalue weighted by atomic mass is 35.5. The summed E-state index contributed by atoms with van der Waals surface area (Å²) < 4.78 is 24.9. The van der Waals surface area contributed by atoms with Gasteiger partial charge in [-0.2, -0.15) is 0 Å². The maximum Gasteiger partial charge on any atom is 0.196 e. The van der Waals surface area contributed by atoms with Gasteiger partial charge in [0.1, 0.15) is 44.7 Å². The second-order valence-corrected chi connectivity index (χ2v) is 15.0. The summed E-state index contributed by atoms with van der Waals surface area (Å²) in [5.74, 6) is -0.596. The van der Waals surface area contributed by atoms with Crippen molar-refractivity contribution in [3.05, 3.63) is 235 Å². The number of ketones is 2. The summed E-state index contributed by atoms with van der Waals surface area (Å²) >= 11 is 12.2. The Kier molecular flexibility index (Phi) is 10.9. The Morgan fingerprint density at radius 3 is 0.903 bits per heavy atom. The van der Waals surface area contributed by atoms with Gasteiger partial charge in [-0.05, 0) is 170 Å². The van der Waals surface area contributed by atoms with E-state index in [9.17, 15) is 19.2 Å². The van der Waals surface area contributed by atoms with E-state index >= 15 is 0 Å². The van der Waals surface area contributed by atoms with E-state index in [4.69, 9.17) is 40.9 Å². The van der Waals surface area contributed by atoms with Gasteiger partial charge >= 0.3 is 0 Å². The monoisotopic (exact) mass is 852 g/mol. The van der Waals surface area contributed by atoms with E-state index in [1.54, 1.807) is 182 Å². The van der Waals surface area contributed by atoms with E-state index in [0.717, 1.165) is 0 Å². The standard InChI is InChI=1S/C52H30Cl2O8/c53-37-13-1-35(2-14-37)51(57)45-27-25-43-29-47(45)61-41-21-9-33(10-22-41)50(56)34-11-23-42(24-12-34)62-48-30-44(26-28-46(48)52(58)36-3-15-38(54)16-4-36)60-40-19-7-32(8-20-40)49(55)31-5-17-39(59-43)18-6-31/h1-30H. The molecule has 0 aliphatic rings. The van der Waals surface area contributed by atoms with Gasteiger partial charge in [0.2, 0.25) is 0 Å². The van der Waals surface area contributed by atoms with Gasteiger partial charge < -0.3 is 17.7 Å². The first-order valence-corrected chi connectivity index (χ1v) is 20.0. The highest BCUT2D eigenvalue weighted by molar-refractivity contribution is 6.31. The van der Waals surface area contributed by atoms with Crippen molar-refractivity contribution in [2.45, 2.75) is 0 Å². The van der Waals surface area contributed by atoms with Crippen LogP contribution >= 0.6 is 23.2 Å². The molecule has 0 saturated heterocycles. The molecule has 15 rings (SSSR count). The van der Waals surface area contributed by atoms with Crippen LogP contribution < -0.4 is 10.9 Å². The second kappa shape index (κ2) is 17.1. The van der Waals surface area contributed by atoms with Crippen molar-refractivity contribution in [1.29, 1.82) is 0 Å². The van der Waals surface area contributed by atoms with Crippen LogP contribution in [0.4, 0.5) is 0 Å². The summed E-state index contributed by atoms with van der Waals surface area (Å²) in [7, 11) is 0. The minimum atomic E-state index is -0.298. The fraction of sp³-hybridized carbons (Fsp3) is 0. The van der Waals surface area contributed by atoms with Gasteiger partial charge in [-0.15, -0.1) is 0 Å². The van der Waals surface area contributed by atoms with Crippen LogP contribution in [-0.4, -0.2) is 11.6 Å². The third-order valence-corrected chi connectivity index (χ3v) is 10.5. The van der Waals surface area contributed by atoms with E-state index in [0.29, 0.717) is 76.2 Å². The van der Waals surface area contributed by atoms with Gasteiger partial charge in [-0.25, -0.2) is 0 Å². The topological polar surface area (TPSA) is 121 Å². The molecule has 0 spiro atoms. The number of benzene rings is 8. The molecular weight excluding hydrogens is 823 g/mol. The second-order valence-electron chi connectivity index (χ2n) is 14.2. The van der Waals surface area contributed by atoms with Crippen LogP contribution in [0.25, 0.3) is 66.2 Å². The van der Waals surface area contributed by atoms with Gasteiger partial charge in [0.05, 0.1) is 11.1 Å². The Morgan fingerprint density at radius 2 is 0.597 bits per heavy atom. The predicted molar refractivity (Wildman–Crippen MR) is 245 cm³/mol. The van der Waals surface area contributed by atoms with Crippen LogP contribution in [0.1, 0.15) is 31.8 Å². The summed E-state index contributed by atoms with van der Waals surface area (Å²) in [5, 5.41) is 2.64. The number of carbonyl (C=O) groups excluding carboxylic acids is 2. The molecule has 7 heterocycles. The first-order chi connectivity index (χ1) is 30.1. The lowest BCUT2D eigenvalue weighted by molar-refractivity contribution is 0.103. The molecule has 0 unspecified atom stereocenters. The van der Waals surface area contributed by atoms with Crippen molar-refractivity contribution in [3.8, 4) is 0 Å². The molecule has 0 aliphatic heterocycles. The third-order valence-electron chi connectivity index (χ3n) is 10.0. The van der Waals surface area contributed by atoms with E-state index in [-0.39, 0.29) is 44.7 Å². The summed E-state index contributed by atoms with van der Waals surface area (Å²) in [5.41, 5.74) is 3.71. The largest absolute Gasteiger partial charge is 0.457 e. The zero-order valence-electron chi connectivity index (χ0n) is 32.3. The lowest BCUT2D eigenvalue weighted by Gasteiger charge is -2.04. The maximum atomic E-state index is 13.7. The normalized spacial score (nSPS) is 11.0. The summed E-state index contributed by atoms with van der Waals surface area (Å²) in [6.45, 7) is 0. The molecule has 10 heteroatoms. The molecule has 8 aromatic carbocycles. The number of hydrogen-bond acceptors (Lipinski definition) is 8. The fourth-order valence-electron chi connectivity index (χ4n) is 6.75. The average molecular weight is 854 g/mol. The van der Waals surface area contributed by atoms with Crippen molar-refractivity contribution < 1.29 is 27.3 Å². The van der Waals surface area contributed by atoms with Gasteiger partial charge in [0.15, 0.2) is 22.4 Å². The highest BCUT2D eigenvalue weighted by Crippen LogP contribution is 2.24. The molecule has 0 amide bonds. The maximum absolute atomic E-state index is 13.7. The van der Waals surface area contributed by atoms with Crippen LogP contribution in [0.5, 0.6) is 0 Å². The van der Waals surface area contributed by atoms with E-state index in [1.807, 2.05) is 0 Å². The highest BCUT2D eigenvalue weighted by Gasteiger charge is 2.15. The van der Waals surface area contributed by atoms with Gasteiger partial charge in [0.25, 0.3) is 0 Å². The van der Waals surface area contributed by atoms with Crippen LogP contribution in [0.2, 0.25) is 10.0 Å². The first kappa shape index (κ1) is 39.7. The predicted octanol–water partition coefficient (Wildman–Crippen LogP) is 13.4. The van der Waals surface area contributed by atoms with Crippen LogP contribution in [0.15, 0.2) is 209 Å². The Labute approximate surface area is 361 Å². The van der Waals surface area contributed by atoms with Crippen LogP contribution in [-0.2, 0) is 0 Å². The van der Waals surface area contributed by atoms with Gasteiger partial charge in [0, 0.05) is 54.8 Å². The van der Waals surface area contributed by atoms with Crippen molar-refractivity contribution in [2.24, 2.45) is 0 Å². The summed E-state index contributed by atoms with van der Waals surface area (Å²) in [6.07, 6.45) is 0. The molecule has 8 nitrogen and oxygen atoms in total. The minimum Gasteiger partial charge on any atom is -0.457 e. The lowest BCUT2D eigenvalue weighted by atomic mass is 10.0. The number of rotatable bonds is 4. The van der Waals surface area contributed by atoms with Crippen molar-refractivity contribution in [1.82, 2.24) is 0 Å². The quantitative estimate of drug-likeness (QED) is 0.160. The molecule has 300 valence electrons. The molecule has 0 N–H and O–H groups in total. The number of carbonyl (C=O) groups is 2. The molecule has 0 fully saturated rings. The SMILES string of the molecule is O=C(c1ccc(Cl)cc1)c1ccc2cc1oc1ccc(cc1)c(=O)c1ccc(cc1)oc1cc(ccc1C(=O)c1ccc(Cl)cc1)oc1ccc(cc1)c(=O)c1ccc(cc1)o2.